The topological polar surface area (TPSA) is 44.4 Å². The second-order valence-corrected chi connectivity index (χ2v) is 7.78. The summed E-state index contributed by atoms with van der Waals surface area (Å²) in [6.07, 6.45) is 2.27. The highest BCUT2D eigenvalue weighted by Crippen LogP contribution is 2.20. The van der Waals surface area contributed by atoms with Crippen LogP contribution in [0, 0.1) is 26.7 Å². The first-order valence-corrected chi connectivity index (χ1v) is 9.90. The van der Waals surface area contributed by atoms with Gasteiger partial charge < -0.3 is 10.6 Å². The first-order chi connectivity index (χ1) is 13.0. The highest BCUT2D eigenvalue weighted by molar-refractivity contribution is 5.89. The molecular formula is C23H31N3O. The zero-order valence-electron chi connectivity index (χ0n) is 16.7. The summed E-state index contributed by atoms with van der Waals surface area (Å²) < 4.78 is 0. The molecule has 0 spiro atoms. The number of amides is 2. The Morgan fingerprint density at radius 1 is 1.00 bits per heavy atom. The van der Waals surface area contributed by atoms with Gasteiger partial charge in [-0.3, -0.25) is 4.90 Å². The number of hydrogen-bond acceptors (Lipinski definition) is 2. The van der Waals surface area contributed by atoms with E-state index >= 15 is 0 Å². The fraction of sp³-hybridized carbons (Fsp3) is 0.435. The predicted octanol–water partition coefficient (Wildman–Crippen LogP) is 4.65. The number of rotatable bonds is 5. The number of carbonyl (C=O) groups is 1. The van der Waals surface area contributed by atoms with Crippen molar-refractivity contribution in [2.24, 2.45) is 5.92 Å². The Labute approximate surface area is 163 Å². The number of benzene rings is 2. The molecule has 3 rings (SSSR count). The number of anilines is 1. The third kappa shape index (κ3) is 5.57. The Bertz CT molecular complexity index is 779. The Hall–Kier alpha value is -2.33. The molecule has 0 radical (unpaired) electrons. The lowest BCUT2D eigenvalue weighted by atomic mass is 9.96. The highest BCUT2D eigenvalue weighted by Gasteiger charge is 2.20. The maximum atomic E-state index is 12.2. The lowest BCUT2D eigenvalue weighted by Crippen LogP contribution is -2.39. The van der Waals surface area contributed by atoms with Crippen molar-refractivity contribution in [2.75, 3.05) is 25.0 Å². The van der Waals surface area contributed by atoms with Gasteiger partial charge in [-0.2, -0.15) is 0 Å². The molecule has 1 aliphatic rings. The summed E-state index contributed by atoms with van der Waals surface area (Å²) in [7, 11) is 0. The van der Waals surface area contributed by atoms with Crippen LogP contribution in [-0.2, 0) is 6.54 Å². The van der Waals surface area contributed by atoms with E-state index in [1.54, 1.807) is 0 Å². The first-order valence-electron chi connectivity index (χ1n) is 9.90. The Morgan fingerprint density at radius 2 is 1.74 bits per heavy atom. The fourth-order valence-corrected chi connectivity index (χ4v) is 3.61. The SMILES string of the molecule is Cc1ccc(NC(=O)NCC2CCN(Cc3ccccc3C)CC2)cc1C. The summed E-state index contributed by atoms with van der Waals surface area (Å²) in [5, 5.41) is 5.98. The number of urea groups is 1. The molecule has 2 amide bonds. The monoisotopic (exact) mass is 365 g/mol. The molecule has 0 bridgehead atoms. The zero-order valence-corrected chi connectivity index (χ0v) is 16.7. The number of hydrogen-bond donors (Lipinski definition) is 2. The van der Waals surface area contributed by atoms with Crippen LogP contribution < -0.4 is 10.6 Å². The van der Waals surface area contributed by atoms with Gasteiger partial charge >= 0.3 is 6.03 Å². The van der Waals surface area contributed by atoms with Crippen LogP contribution >= 0.6 is 0 Å². The minimum Gasteiger partial charge on any atom is -0.338 e. The number of piperidine rings is 1. The van der Waals surface area contributed by atoms with Crippen LogP contribution in [0.1, 0.15) is 35.1 Å². The van der Waals surface area contributed by atoms with Crippen molar-refractivity contribution in [3.05, 3.63) is 64.7 Å². The summed E-state index contributed by atoms with van der Waals surface area (Å²) >= 11 is 0. The van der Waals surface area contributed by atoms with Gasteiger partial charge in [0.05, 0.1) is 0 Å². The number of aryl methyl sites for hydroxylation is 3. The molecule has 4 nitrogen and oxygen atoms in total. The summed E-state index contributed by atoms with van der Waals surface area (Å²) in [4.78, 5) is 14.7. The Balaban J connectivity index is 1.39. The molecule has 4 heteroatoms. The van der Waals surface area contributed by atoms with E-state index < -0.39 is 0 Å². The highest BCUT2D eigenvalue weighted by atomic mass is 16.2. The first kappa shape index (κ1) is 19.4. The molecule has 1 aliphatic heterocycles. The molecule has 1 saturated heterocycles. The van der Waals surface area contributed by atoms with Crippen LogP contribution in [-0.4, -0.2) is 30.6 Å². The molecule has 2 aromatic carbocycles. The van der Waals surface area contributed by atoms with Gasteiger partial charge in [-0.05, 0) is 87.0 Å². The predicted molar refractivity (Wildman–Crippen MR) is 112 cm³/mol. The maximum Gasteiger partial charge on any atom is 0.319 e. The van der Waals surface area contributed by atoms with E-state index in [9.17, 15) is 4.79 Å². The van der Waals surface area contributed by atoms with Crippen molar-refractivity contribution in [1.29, 1.82) is 0 Å². The molecule has 0 atom stereocenters. The quantitative estimate of drug-likeness (QED) is 0.810. The Morgan fingerprint density at radius 3 is 2.44 bits per heavy atom. The normalized spacial score (nSPS) is 15.5. The molecule has 0 unspecified atom stereocenters. The van der Waals surface area contributed by atoms with Crippen molar-refractivity contribution >= 4 is 11.7 Å². The van der Waals surface area contributed by atoms with Gasteiger partial charge in [-0.25, -0.2) is 4.79 Å². The largest absolute Gasteiger partial charge is 0.338 e. The summed E-state index contributed by atoms with van der Waals surface area (Å²) in [5.41, 5.74) is 6.06. The van der Waals surface area contributed by atoms with Crippen molar-refractivity contribution < 1.29 is 4.79 Å². The van der Waals surface area contributed by atoms with Crippen LogP contribution in [0.2, 0.25) is 0 Å². The van der Waals surface area contributed by atoms with Crippen LogP contribution in [0.15, 0.2) is 42.5 Å². The van der Waals surface area contributed by atoms with Gasteiger partial charge in [-0.15, -0.1) is 0 Å². The minimum atomic E-state index is -0.111. The van der Waals surface area contributed by atoms with E-state index in [-0.39, 0.29) is 6.03 Å². The summed E-state index contributed by atoms with van der Waals surface area (Å²) in [5.74, 6) is 0.559. The van der Waals surface area contributed by atoms with Crippen molar-refractivity contribution in [2.45, 2.75) is 40.2 Å². The lowest BCUT2D eigenvalue weighted by Gasteiger charge is -2.32. The average molecular weight is 366 g/mol. The van der Waals surface area contributed by atoms with E-state index in [4.69, 9.17) is 0 Å². The number of nitrogens with zero attached hydrogens (tertiary/aromatic N) is 1. The molecule has 0 aliphatic carbocycles. The summed E-state index contributed by atoms with van der Waals surface area (Å²) in [6.45, 7) is 10.3. The van der Waals surface area contributed by atoms with E-state index in [0.29, 0.717) is 5.92 Å². The molecule has 2 aromatic rings. The number of carbonyl (C=O) groups excluding carboxylic acids is 1. The van der Waals surface area contributed by atoms with Crippen molar-refractivity contribution in [1.82, 2.24) is 10.2 Å². The van der Waals surface area contributed by atoms with Gasteiger partial charge in [0.2, 0.25) is 0 Å². The molecule has 144 valence electrons. The van der Waals surface area contributed by atoms with Gasteiger partial charge in [0, 0.05) is 18.8 Å². The Kier molecular flexibility index (Phi) is 6.51. The van der Waals surface area contributed by atoms with Gasteiger partial charge in [0.1, 0.15) is 0 Å². The molecule has 2 N–H and O–H groups in total. The number of nitrogens with one attached hydrogen (secondary N) is 2. The standard InChI is InChI=1S/C23H31N3O/c1-17-8-9-22(14-19(17)3)25-23(27)24-15-20-10-12-26(13-11-20)16-21-7-5-4-6-18(21)2/h4-9,14,20H,10-13,15-16H2,1-3H3,(H2,24,25,27). The van der Waals surface area contributed by atoms with E-state index in [1.165, 1.54) is 22.3 Å². The zero-order chi connectivity index (χ0) is 19.2. The summed E-state index contributed by atoms with van der Waals surface area (Å²) in [6, 6.07) is 14.5. The van der Waals surface area contributed by atoms with Gasteiger partial charge in [-0.1, -0.05) is 30.3 Å². The molecule has 0 saturated carbocycles. The molecule has 27 heavy (non-hydrogen) atoms. The van der Waals surface area contributed by atoms with E-state index in [1.807, 2.05) is 18.2 Å². The van der Waals surface area contributed by atoms with E-state index in [0.717, 1.165) is 44.7 Å². The molecule has 1 heterocycles. The molecular weight excluding hydrogens is 334 g/mol. The van der Waals surface area contributed by atoms with Crippen LogP contribution in [0.3, 0.4) is 0 Å². The van der Waals surface area contributed by atoms with Crippen LogP contribution in [0.4, 0.5) is 10.5 Å². The van der Waals surface area contributed by atoms with E-state index in [2.05, 4.69) is 60.6 Å². The van der Waals surface area contributed by atoms with Crippen LogP contribution in [0.25, 0.3) is 0 Å². The minimum absolute atomic E-state index is 0.111. The van der Waals surface area contributed by atoms with Gasteiger partial charge in [0.15, 0.2) is 0 Å². The van der Waals surface area contributed by atoms with Crippen molar-refractivity contribution in [3.63, 3.8) is 0 Å². The van der Waals surface area contributed by atoms with Gasteiger partial charge in [0.25, 0.3) is 0 Å². The van der Waals surface area contributed by atoms with Crippen LogP contribution in [0.5, 0.6) is 0 Å². The smallest absolute Gasteiger partial charge is 0.319 e. The fourth-order valence-electron chi connectivity index (χ4n) is 3.61. The second-order valence-electron chi connectivity index (χ2n) is 7.78. The number of likely N-dealkylation sites (tertiary alicyclic amines) is 1. The third-order valence-corrected chi connectivity index (χ3v) is 5.68. The lowest BCUT2D eigenvalue weighted by molar-refractivity contribution is 0.175. The third-order valence-electron chi connectivity index (χ3n) is 5.68. The average Bonchev–Trinajstić information content (AvgIpc) is 2.66. The van der Waals surface area contributed by atoms with Crippen molar-refractivity contribution in [3.8, 4) is 0 Å². The maximum absolute atomic E-state index is 12.2. The second kappa shape index (κ2) is 9.05. The molecule has 0 aromatic heterocycles. The molecule has 1 fully saturated rings.